The molecule has 0 radical (unpaired) electrons. The Labute approximate surface area is 115 Å². The molecule has 0 spiro atoms. The van der Waals surface area contributed by atoms with Gasteiger partial charge in [-0.05, 0) is 31.4 Å². The van der Waals surface area contributed by atoms with E-state index in [1.807, 2.05) is 43.3 Å². The molecule has 2 unspecified atom stereocenters. The van der Waals surface area contributed by atoms with Crippen molar-refractivity contribution < 1.29 is 4.79 Å². The molecule has 1 saturated carbocycles. The summed E-state index contributed by atoms with van der Waals surface area (Å²) >= 11 is 0. The molecule has 2 rings (SSSR count). The number of rotatable bonds is 3. The van der Waals surface area contributed by atoms with E-state index in [4.69, 9.17) is 5.73 Å². The molecule has 0 heterocycles. The highest BCUT2D eigenvalue weighted by Gasteiger charge is 2.25. The van der Waals surface area contributed by atoms with Crippen LogP contribution >= 0.6 is 0 Å². The van der Waals surface area contributed by atoms with Gasteiger partial charge in [0, 0.05) is 26.1 Å². The molecule has 0 bridgehead atoms. The fourth-order valence-corrected chi connectivity index (χ4v) is 2.67. The van der Waals surface area contributed by atoms with Crippen LogP contribution in [0.4, 0.5) is 11.4 Å². The van der Waals surface area contributed by atoms with Crippen LogP contribution in [0.1, 0.15) is 25.7 Å². The second-order valence-corrected chi connectivity index (χ2v) is 5.52. The maximum atomic E-state index is 12.3. The normalized spacial score (nSPS) is 22.9. The summed E-state index contributed by atoms with van der Waals surface area (Å²) in [4.78, 5) is 14.3. The largest absolute Gasteiger partial charge is 0.376 e. The first-order valence-corrected chi connectivity index (χ1v) is 6.90. The first-order valence-electron chi connectivity index (χ1n) is 6.90. The second kappa shape index (κ2) is 6.06. The van der Waals surface area contributed by atoms with Crippen molar-refractivity contribution in [2.24, 2.45) is 11.7 Å². The Morgan fingerprint density at radius 2 is 2.05 bits per heavy atom. The third-order valence-electron chi connectivity index (χ3n) is 3.73. The van der Waals surface area contributed by atoms with Crippen molar-refractivity contribution in [1.82, 2.24) is 0 Å². The lowest BCUT2D eigenvalue weighted by Crippen LogP contribution is -2.34. The fourth-order valence-electron chi connectivity index (χ4n) is 2.67. The van der Waals surface area contributed by atoms with Gasteiger partial charge >= 0.3 is 0 Å². The molecular weight excluding hydrogens is 238 g/mol. The minimum absolute atomic E-state index is 0.0546. The number of amides is 1. The molecule has 2 atom stereocenters. The first-order chi connectivity index (χ1) is 9.08. The molecule has 1 aliphatic carbocycles. The van der Waals surface area contributed by atoms with Crippen LogP contribution < -0.4 is 16.0 Å². The molecule has 0 aliphatic heterocycles. The summed E-state index contributed by atoms with van der Waals surface area (Å²) in [5.41, 5.74) is 7.84. The Hall–Kier alpha value is -1.55. The molecule has 4 nitrogen and oxygen atoms in total. The van der Waals surface area contributed by atoms with Gasteiger partial charge in [0.05, 0.1) is 11.4 Å². The molecule has 1 aromatic rings. The van der Waals surface area contributed by atoms with Gasteiger partial charge in [0.25, 0.3) is 0 Å². The standard InChI is InChI=1S/C15H23N3O/c1-18(2)14-9-4-3-8-13(14)17-15(19)11-6-5-7-12(16)10-11/h3-4,8-9,11-12H,5-7,10,16H2,1-2H3,(H,17,19). The number of benzene rings is 1. The highest BCUT2D eigenvalue weighted by atomic mass is 16.1. The number of carbonyl (C=O) groups is 1. The zero-order valence-electron chi connectivity index (χ0n) is 11.7. The Morgan fingerprint density at radius 3 is 2.74 bits per heavy atom. The van der Waals surface area contributed by atoms with Gasteiger partial charge in [-0.15, -0.1) is 0 Å². The van der Waals surface area contributed by atoms with E-state index in [0.29, 0.717) is 0 Å². The molecule has 3 N–H and O–H groups in total. The molecule has 1 amide bonds. The predicted molar refractivity (Wildman–Crippen MR) is 79.3 cm³/mol. The van der Waals surface area contributed by atoms with Crippen molar-refractivity contribution in [2.45, 2.75) is 31.7 Å². The Morgan fingerprint density at radius 1 is 1.32 bits per heavy atom. The van der Waals surface area contributed by atoms with E-state index in [9.17, 15) is 4.79 Å². The van der Waals surface area contributed by atoms with Gasteiger partial charge in [0.1, 0.15) is 0 Å². The summed E-state index contributed by atoms with van der Waals surface area (Å²) in [5, 5.41) is 3.05. The number of carbonyl (C=O) groups excluding carboxylic acids is 1. The predicted octanol–water partition coefficient (Wildman–Crippen LogP) is 2.21. The second-order valence-electron chi connectivity index (χ2n) is 5.52. The topological polar surface area (TPSA) is 58.4 Å². The van der Waals surface area contributed by atoms with Crippen molar-refractivity contribution in [3.63, 3.8) is 0 Å². The van der Waals surface area contributed by atoms with Gasteiger partial charge in [-0.3, -0.25) is 4.79 Å². The molecule has 0 saturated heterocycles. The molecule has 0 aromatic heterocycles. The van der Waals surface area contributed by atoms with Crippen LogP contribution in [-0.2, 0) is 4.79 Å². The van der Waals surface area contributed by atoms with Crippen molar-refractivity contribution in [3.05, 3.63) is 24.3 Å². The highest BCUT2D eigenvalue weighted by Crippen LogP contribution is 2.27. The Kier molecular flexibility index (Phi) is 4.43. The van der Waals surface area contributed by atoms with E-state index in [2.05, 4.69) is 5.32 Å². The molecule has 104 valence electrons. The fraction of sp³-hybridized carbons (Fsp3) is 0.533. The summed E-state index contributed by atoms with van der Waals surface area (Å²) in [6, 6.07) is 8.03. The summed E-state index contributed by atoms with van der Waals surface area (Å²) in [6.45, 7) is 0. The van der Waals surface area contributed by atoms with Crippen molar-refractivity contribution >= 4 is 17.3 Å². The number of para-hydroxylation sites is 2. The third-order valence-corrected chi connectivity index (χ3v) is 3.73. The monoisotopic (exact) mass is 261 g/mol. The first kappa shape index (κ1) is 13.9. The SMILES string of the molecule is CN(C)c1ccccc1NC(=O)C1CCCC(N)C1. The molecule has 19 heavy (non-hydrogen) atoms. The summed E-state index contributed by atoms with van der Waals surface area (Å²) in [5.74, 6) is 0.156. The molecule has 1 aliphatic rings. The number of hydrogen-bond donors (Lipinski definition) is 2. The number of nitrogens with two attached hydrogens (primary N) is 1. The van der Waals surface area contributed by atoms with E-state index >= 15 is 0 Å². The molecule has 1 aromatic carbocycles. The van der Waals surface area contributed by atoms with Crippen LogP contribution in [0.5, 0.6) is 0 Å². The van der Waals surface area contributed by atoms with Crippen LogP contribution in [-0.4, -0.2) is 26.0 Å². The van der Waals surface area contributed by atoms with Crippen LogP contribution in [0.2, 0.25) is 0 Å². The number of hydrogen-bond acceptors (Lipinski definition) is 3. The summed E-state index contributed by atoms with van der Waals surface area (Å²) in [6.07, 6.45) is 3.84. The van der Waals surface area contributed by atoms with E-state index in [0.717, 1.165) is 37.1 Å². The van der Waals surface area contributed by atoms with Crippen molar-refractivity contribution in [2.75, 3.05) is 24.3 Å². The maximum absolute atomic E-state index is 12.3. The number of anilines is 2. The highest BCUT2D eigenvalue weighted by molar-refractivity contribution is 5.95. The lowest BCUT2D eigenvalue weighted by Gasteiger charge is -2.26. The number of nitrogens with one attached hydrogen (secondary N) is 1. The van der Waals surface area contributed by atoms with Gasteiger partial charge in [0.15, 0.2) is 0 Å². The van der Waals surface area contributed by atoms with Gasteiger partial charge in [0.2, 0.25) is 5.91 Å². The Balaban J connectivity index is 2.06. The minimum atomic E-state index is 0.0546. The van der Waals surface area contributed by atoms with Crippen molar-refractivity contribution in [3.8, 4) is 0 Å². The molecular formula is C15H23N3O. The van der Waals surface area contributed by atoms with Gasteiger partial charge in [-0.2, -0.15) is 0 Å². The minimum Gasteiger partial charge on any atom is -0.376 e. The lowest BCUT2D eigenvalue weighted by atomic mass is 9.85. The van der Waals surface area contributed by atoms with Crippen LogP contribution in [0, 0.1) is 5.92 Å². The van der Waals surface area contributed by atoms with E-state index in [-0.39, 0.29) is 17.9 Å². The third kappa shape index (κ3) is 3.47. The Bertz CT molecular complexity index is 445. The van der Waals surface area contributed by atoms with Crippen LogP contribution in [0.25, 0.3) is 0 Å². The average Bonchev–Trinajstić information content (AvgIpc) is 2.39. The zero-order valence-corrected chi connectivity index (χ0v) is 11.7. The van der Waals surface area contributed by atoms with E-state index in [1.54, 1.807) is 0 Å². The van der Waals surface area contributed by atoms with Crippen LogP contribution in [0.3, 0.4) is 0 Å². The average molecular weight is 261 g/mol. The van der Waals surface area contributed by atoms with Crippen LogP contribution in [0.15, 0.2) is 24.3 Å². The molecule has 1 fully saturated rings. The maximum Gasteiger partial charge on any atom is 0.227 e. The van der Waals surface area contributed by atoms with Gasteiger partial charge < -0.3 is 16.0 Å². The summed E-state index contributed by atoms with van der Waals surface area (Å²) in [7, 11) is 3.95. The number of nitrogens with zero attached hydrogens (tertiary/aromatic N) is 1. The lowest BCUT2D eigenvalue weighted by molar-refractivity contribution is -0.120. The van der Waals surface area contributed by atoms with E-state index in [1.165, 1.54) is 0 Å². The van der Waals surface area contributed by atoms with E-state index < -0.39 is 0 Å². The van der Waals surface area contributed by atoms with Gasteiger partial charge in [-0.25, -0.2) is 0 Å². The van der Waals surface area contributed by atoms with Gasteiger partial charge in [-0.1, -0.05) is 18.6 Å². The smallest absolute Gasteiger partial charge is 0.227 e. The summed E-state index contributed by atoms with van der Waals surface area (Å²) < 4.78 is 0. The van der Waals surface area contributed by atoms with Crippen molar-refractivity contribution in [1.29, 1.82) is 0 Å². The quantitative estimate of drug-likeness (QED) is 0.877. The zero-order chi connectivity index (χ0) is 13.8. The molecule has 4 heteroatoms.